The summed E-state index contributed by atoms with van der Waals surface area (Å²) in [4.78, 5) is 58.7. The number of allylic oxidation sites excluding steroid dienone is 1. The monoisotopic (exact) mass is 615 g/mol. The lowest BCUT2D eigenvalue weighted by Gasteiger charge is -2.39. The van der Waals surface area contributed by atoms with Crippen molar-refractivity contribution in [2.24, 2.45) is 17.8 Å². The van der Waals surface area contributed by atoms with Gasteiger partial charge in [-0.15, -0.1) is 0 Å². The number of anilines is 1. The maximum Gasteiger partial charge on any atom is 0.313 e. The van der Waals surface area contributed by atoms with Crippen LogP contribution in [0.2, 0.25) is 0 Å². The van der Waals surface area contributed by atoms with Gasteiger partial charge < -0.3 is 29.7 Å². The normalized spacial score (nSPS) is 31.8. The Morgan fingerprint density at radius 3 is 2.58 bits per heavy atom. The number of hydrogen-bond acceptors (Lipinski definition) is 7. The largest absolute Gasteiger partial charge is 0.460 e. The van der Waals surface area contributed by atoms with Crippen LogP contribution < -0.4 is 10.2 Å². The summed E-state index contributed by atoms with van der Waals surface area (Å²) >= 11 is 0. The molecule has 238 valence electrons. The van der Waals surface area contributed by atoms with Gasteiger partial charge in [-0.2, -0.15) is 0 Å². The Balaban J connectivity index is 1.46. The zero-order valence-corrected chi connectivity index (χ0v) is 25.9. The fraction of sp³-hybridized carbons (Fsp3) is 0.486. The number of benzene rings is 2. The molecular formula is C35H41N3O7. The van der Waals surface area contributed by atoms with Gasteiger partial charge in [0, 0.05) is 18.7 Å². The number of aliphatic hydroxyl groups excluding tert-OH is 1. The van der Waals surface area contributed by atoms with E-state index in [0.717, 1.165) is 10.8 Å². The van der Waals surface area contributed by atoms with Crippen molar-refractivity contribution in [2.45, 2.75) is 69.9 Å². The maximum atomic E-state index is 14.8. The van der Waals surface area contributed by atoms with Crippen molar-refractivity contribution in [3.8, 4) is 0 Å². The molecule has 2 aromatic carbocycles. The molecule has 0 unspecified atom stereocenters. The second-order valence-corrected chi connectivity index (χ2v) is 13.0. The van der Waals surface area contributed by atoms with E-state index in [9.17, 15) is 24.3 Å². The van der Waals surface area contributed by atoms with Crippen LogP contribution in [0.1, 0.15) is 40.0 Å². The molecule has 2 saturated heterocycles. The highest BCUT2D eigenvalue weighted by Crippen LogP contribution is 2.54. The lowest BCUT2D eigenvalue weighted by Crippen LogP contribution is -2.58. The van der Waals surface area contributed by atoms with Crippen LogP contribution in [0.4, 0.5) is 5.69 Å². The molecule has 10 heteroatoms. The number of esters is 1. The van der Waals surface area contributed by atoms with Gasteiger partial charge in [0.05, 0.1) is 31.2 Å². The predicted octanol–water partition coefficient (Wildman–Crippen LogP) is 3.13. The first kappa shape index (κ1) is 31.0. The van der Waals surface area contributed by atoms with E-state index in [1.54, 1.807) is 30.1 Å². The molecule has 2 N–H and O–H groups in total. The number of rotatable bonds is 5. The minimum atomic E-state index is -1.47. The van der Waals surface area contributed by atoms with Crippen molar-refractivity contribution in [2.75, 3.05) is 24.6 Å². The van der Waals surface area contributed by atoms with Crippen molar-refractivity contribution in [3.63, 3.8) is 0 Å². The van der Waals surface area contributed by atoms with E-state index in [1.165, 1.54) is 4.90 Å². The third-order valence-corrected chi connectivity index (χ3v) is 9.36. The Labute approximate surface area is 263 Å². The standard InChI is InChI=1S/C35H41N3O7/c1-21(2)17-26(20-39)38-31-33(42)37(25-14-13-23-9-4-5-10-24(23)18-25)16-8-15-35(31)30(32(38)41)29-27(45-35)11-6-7-12-28(40)36-19-22(3)44-34(29)43/h4-6,8-11,13-15,18,21-22,26-27,29-31,39H,7,12,16-17,19-20H2,1-3H3,(H,36,40)/b11-6-/t22-,26-,27-,29+,30+,31-,35+/m1/s1. The number of likely N-dealkylation sites (tertiary alicyclic amines) is 1. The summed E-state index contributed by atoms with van der Waals surface area (Å²) in [6.45, 7) is 5.72. The van der Waals surface area contributed by atoms with Crippen LogP contribution >= 0.6 is 0 Å². The smallest absolute Gasteiger partial charge is 0.313 e. The van der Waals surface area contributed by atoms with Crippen LogP contribution in [0.25, 0.3) is 10.8 Å². The molecule has 0 aliphatic carbocycles. The molecule has 2 fully saturated rings. The number of cyclic esters (lactones) is 1. The van der Waals surface area contributed by atoms with Gasteiger partial charge in [-0.25, -0.2) is 0 Å². The number of nitrogens with zero attached hydrogens (tertiary/aromatic N) is 2. The van der Waals surface area contributed by atoms with Crippen molar-refractivity contribution < 1.29 is 33.8 Å². The van der Waals surface area contributed by atoms with E-state index in [2.05, 4.69) is 5.32 Å². The fourth-order valence-electron chi connectivity index (χ4n) is 7.39. The maximum absolute atomic E-state index is 14.8. The van der Waals surface area contributed by atoms with Gasteiger partial charge in [0.1, 0.15) is 23.7 Å². The number of hydrogen-bond donors (Lipinski definition) is 2. The Morgan fingerprint density at radius 2 is 1.82 bits per heavy atom. The first-order chi connectivity index (χ1) is 21.6. The predicted molar refractivity (Wildman–Crippen MR) is 168 cm³/mol. The first-order valence-corrected chi connectivity index (χ1v) is 15.9. The molecular weight excluding hydrogens is 574 g/mol. The van der Waals surface area contributed by atoms with E-state index in [-0.39, 0.29) is 43.8 Å². The third kappa shape index (κ3) is 5.55. The average Bonchev–Trinajstić information content (AvgIpc) is 3.41. The number of aliphatic hydroxyl groups is 1. The van der Waals surface area contributed by atoms with Crippen LogP contribution in [0.5, 0.6) is 0 Å². The van der Waals surface area contributed by atoms with Crippen LogP contribution in [0, 0.1) is 17.8 Å². The third-order valence-electron chi connectivity index (χ3n) is 9.36. The molecule has 0 radical (unpaired) electrons. The molecule has 7 atom stereocenters. The van der Waals surface area contributed by atoms with Gasteiger partial charge in [0.15, 0.2) is 0 Å². The molecule has 4 aliphatic heterocycles. The van der Waals surface area contributed by atoms with Crippen molar-refractivity contribution >= 4 is 40.2 Å². The molecule has 4 heterocycles. The number of carbonyl (C=O) groups is 4. The molecule has 1 spiro atoms. The lowest BCUT2D eigenvalue weighted by molar-refractivity contribution is -0.159. The molecule has 0 aromatic heterocycles. The van der Waals surface area contributed by atoms with E-state index in [1.807, 2.05) is 62.4 Å². The highest BCUT2D eigenvalue weighted by Gasteiger charge is 2.72. The van der Waals surface area contributed by atoms with E-state index in [0.29, 0.717) is 18.5 Å². The molecule has 0 bridgehead atoms. The van der Waals surface area contributed by atoms with E-state index >= 15 is 0 Å². The molecule has 10 nitrogen and oxygen atoms in total. The van der Waals surface area contributed by atoms with Gasteiger partial charge in [0.25, 0.3) is 5.91 Å². The minimum Gasteiger partial charge on any atom is -0.460 e. The second-order valence-electron chi connectivity index (χ2n) is 13.0. The molecule has 4 aliphatic rings. The summed E-state index contributed by atoms with van der Waals surface area (Å²) < 4.78 is 12.5. The molecule has 2 aromatic rings. The Hall–Kier alpha value is -4.02. The number of amides is 3. The summed E-state index contributed by atoms with van der Waals surface area (Å²) in [6.07, 6.45) is 6.77. The fourth-order valence-corrected chi connectivity index (χ4v) is 7.39. The highest BCUT2D eigenvalue weighted by molar-refractivity contribution is 6.06. The van der Waals surface area contributed by atoms with Gasteiger partial charge in [-0.05, 0) is 48.6 Å². The number of nitrogens with one attached hydrogen (secondary N) is 1. The molecule has 0 saturated carbocycles. The Morgan fingerprint density at radius 1 is 1.04 bits per heavy atom. The second kappa shape index (κ2) is 12.4. The van der Waals surface area contributed by atoms with Gasteiger partial charge in [-0.1, -0.05) is 68.5 Å². The van der Waals surface area contributed by atoms with Crippen molar-refractivity contribution in [3.05, 3.63) is 66.8 Å². The highest BCUT2D eigenvalue weighted by atomic mass is 16.6. The summed E-state index contributed by atoms with van der Waals surface area (Å²) in [5.41, 5.74) is -0.796. The number of fused-ring (bicyclic) bond motifs is 3. The zero-order chi connectivity index (χ0) is 31.9. The molecule has 6 rings (SSSR count). The SMILES string of the molecule is CC(C)C[C@H](CO)N1C(=O)[C@@H]2[C@H]3C(=O)O[C@H](C)CNC(=O)CC/C=C\[C@H]3O[C@@]23C=CCN(c2ccc4ccccc4c2)C(=O)[C@@H]13. The molecule has 45 heavy (non-hydrogen) atoms. The summed E-state index contributed by atoms with van der Waals surface area (Å²) in [7, 11) is 0. The summed E-state index contributed by atoms with van der Waals surface area (Å²) in [5.74, 6) is -3.48. The van der Waals surface area contributed by atoms with Crippen LogP contribution in [0.15, 0.2) is 66.8 Å². The van der Waals surface area contributed by atoms with Crippen LogP contribution in [0.3, 0.4) is 0 Å². The van der Waals surface area contributed by atoms with Crippen LogP contribution in [-0.4, -0.2) is 83.3 Å². The summed E-state index contributed by atoms with van der Waals surface area (Å²) in [5, 5.41) is 15.4. The van der Waals surface area contributed by atoms with E-state index < -0.39 is 53.6 Å². The van der Waals surface area contributed by atoms with Gasteiger partial charge in [-0.3, -0.25) is 19.2 Å². The lowest BCUT2D eigenvalue weighted by atomic mass is 9.78. The van der Waals surface area contributed by atoms with Crippen molar-refractivity contribution in [1.29, 1.82) is 0 Å². The topological polar surface area (TPSA) is 125 Å². The minimum absolute atomic E-state index is 0.123. The quantitative estimate of drug-likeness (QED) is 0.391. The Kier molecular flexibility index (Phi) is 8.54. The van der Waals surface area contributed by atoms with Crippen molar-refractivity contribution in [1.82, 2.24) is 10.2 Å². The Bertz CT molecular complexity index is 1550. The van der Waals surface area contributed by atoms with Gasteiger partial charge >= 0.3 is 5.97 Å². The first-order valence-electron chi connectivity index (χ1n) is 15.9. The zero-order valence-electron chi connectivity index (χ0n) is 25.9. The van der Waals surface area contributed by atoms with E-state index in [4.69, 9.17) is 9.47 Å². The average molecular weight is 616 g/mol. The summed E-state index contributed by atoms with van der Waals surface area (Å²) in [6, 6.07) is 11.9. The molecule has 3 amide bonds. The number of carbonyl (C=O) groups excluding carboxylic acids is 4. The number of ether oxygens (including phenoxy) is 2. The van der Waals surface area contributed by atoms with Crippen LogP contribution in [-0.2, 0) is 28.7 Å². The van der Waals surface area contributed by atoms with Gasteiger partial charge in [0.2, 0.25) is 11.8 Å².